The molecule has 0 bridgehead atoms. The molecule has 1 unspecified atom stereocenters. The lowest BCUT2D eigenvalue weighted by atomic mass is 10.1. The van der Waals surface area contributed by atoms with Gasteiger partial charge in [-0.15, -0.1) is 35.3 Å². The Morgan fingerprint density at radius 2 is 2.04 bits per heavy atom. The summed E-state index contributed by atoms with van der Waals surface area (Å²) in [6, 6.07) is 7.53. The first-order valence-electron chi connectivity index (χ1n) is 7.02. The number of hydrogen-bond acceptors (Lipinski definition) is 2. The molecule has 0 amide bonds. The van der Waals surface area contributed by atoms with Crippen LogP contribution in [0, 0.1) is 11.6 Å². The monoisotopic (exact) mass is 451 g/mol. The van der Waals surface area contributed by atoms with Gasteiger partial charge in [-0.2, -0.15) is 0 Å². The van der Waals surface area contributed by atoms with Crippen LogP contribution in [0.2, 0.25) is 0 Å². The van der Waals surface area contributed by atoms with Gasteiger partial charge >= 0.3 is 0 Å². The van der Waals surface area contributed by atoms with E-state index >= 15 is 0 Å². The molecular formula is C16H20F2IN3S. The minimum absolute atomic E-state index is 0. The third-order valence-electron chi connectivity index (χ3n) is 3.28. The molecule has 2 aromatic rings. The third-order valence-corrected chi connectivity index (χ3v) is 4.39. The van der Waals surface area contributed by atoms with E-state index in [0.29, 0.717) is 18.4 Å². The van der Waals surface area contributed by atoms with Crippen molar-refractivity contribution < 1.29 is 8.78 Å². The molecule has 3 nitrogen and oxygen atoms in total. The van der Waals surface area contributed by atoms with E-state index in [2.05, 4.69) is 28.6 Å². The van der Waals surface area contributed by atoms with E-state index in [4.69, 9.17) is 0 Å². The average molecular weight is 451 g/mol. The summed E-state index contributed by atoms with van der Waals surface area (Å²) < 4.78 is 26.7. The Morgan fingerprint density at radius 3 is 2.70 bits per heavy atom. The van der Waals surface area contributed by atoms with E-state index in [1.165, 1.54) is 10.9 Å². The molecular weight excluding hydrogens is 431 g/mol. The van der Waals surface area contributed by atoms with Gasteiger partial charge in [-0.3, -0.25) is 4.99 Å². The van der Waals surface area contributed by atoms with Crippen molar-refractivity contribution in [3.05, 3.63) is 57.8 Å². The molecule has 0 radical (unpaired) electrons. The van der Waals surface area contributed by atoms with Crippen LogP contribution < -0.4 is 10.6 Å². The first kappa shape index (κ1) is 19.8. The number of guanidine groups is 1. The van der Waals surface area contributed by atoms with Crippen LogP contribution in [0.1, 0.15) is 23.3 Å². The Morgan fingerprint density at radius 1 is 1.26 bits per heavy atom. The second-order valence-electron chi connectivity index (χ2n) is 4.96. The molecule has 0 aliphatic rings. The van der Waals surface area contributed by atoms with Crippen molar-refractivity contribution in [3.8, 4) is 0 Å². The zero-order valence-electron chi connectivity index (χ0n) is 13.0. The van der Waals surface area contributed by atoms with Crippen molar-refractivity contribution in [3.63, 3.8) is 0 Å². The number of hydrogen-bond donors (Lipinski definition) is 2. The van der Waals surface area contributed by atoms with Gasteiger partial charge in [0, 0.05) is 36.5 Å². The van der Waals surface area contributed by atoms with E-state index in [9.17, 15) is 8.78 Å². The lowest BCUT2D eigenvalue weighted by molar-refractivity contribution is 0.580. The van der Waals surface area contributed by atoms with Gasteiger partial charge in [0.05, 0.1) is 0 Å². The molecule has 2 rings (SSSR count). The summed E-state index contributed by atoms with van der Waals surface area (Å²) in [7, 11) is 1.65. The molecule has 2 N–H and O–H groups in total. The van der Waals surface area contributed by atoms with Gasteiger partial charge < -0.3 is 10.6 Å². The Hall–Kier alpha value is -1.22. The fourth-order valence-corrected chi connectivity index (χ4v) is 2.79. The summed E-state index contributed by atoms with van der Waals surface area (Å²) in [5, 5.41) is 8.23. The van der Waals surface area contributed by atoms with Crippen molar-refractivity contribution in [1.29, 1.82) is 0 Å². The van der Waals surface area contributed by atoms with E-state index in [0.717, 1.165) is 12.1 Å². The van der Waals surface area contributed by atoms with Crippen molar-refractivity contribution in [2.45, 2.75) is 19.4 Å². The highest BCUT2D eigenvalue weighted by atomic mass is 127. The highest BCUT2D eigenvalue weighted by Gasteiger charge is 2.08. The topological polar surface area (TPSA) is 36.4 Å². The molecule has 1 heterocycles. The summed E-state index contributed by atoms with van der Waals surface area (Å²) in [6.07, 6.45) is 0. The minimum atomic E-state index is -0.451. The average Bonchev–Trinajstić information content (AvgIpc) is 3.05. The maximum Gasteiger partial charge on any atom is 0.191 e. The van der Waals surface area contributed by atoms with Crippen LogP contribution in [0.4, 0.5) is 8.78 Å². The maximum atomic E-state index is 13.6. The number of benzene rings is 1. The van der Waals surface area contributed by atoms with Crippen molar-refractivity contribution in [2.75, 3.05) is 13.6 Å². The van der Waals surface area contributed by atoms with Crippen LogP contribution in [-0.2, 0) is 6.54 Å². The summed E-state index contributed by atoms with van der Waals surface area (Å²) in [5.74, 6) is 0.0280. The zero-order chi connectivity index (χ0) is 15.9. The van der Waals surface area contributed by atoms with Gasteiger partial charge in [-0.25, -0.2) is 8.78 Å². The third kappa shape index (κ3) is 6.06. The summed E-state index contributed by atoms with van der Waals surface area (Å²) in [5.41, 5.74) is 0.272. The predicted molar refractivity (Wildman–Crippen MR) is 103 cm³/mol. The second-order valence-corrected chi connectivity index (χ2v) is 5.94. The Kier molecular flexibility index (Phi) is 8.46. The summed E-state index contributed by atoms with van der Waals surface area (Å²) >= 11 is 1.71. The Bertz CT molecular complexity index is 632. The summed E-state index contributed by atoms with van der Waals surface area (Å²) in [4.78, 5) is 5.38. The zero-order valence-corrected chi connectivity index (χ0v) is 16.1. The first-order valence-corrected chi connectivity index (χ1v) is 7.90. The molecule has 7 heteroatoms. The number of nitrogens with one attached hydrogen (secondary N) is 2. The van der Waals surface area contributed by atoms with Gasteiger partial charge in [-0.1, -0.05) is 13.0 Å². The minimum Gasteiger partial charge on any atom is -0.356 e. The standard InChI is InChI=1S/C16H19F2N3S.HI/c1-11(15-4-3-7-22-15)9-20-16(19-2)21-10-12-8-13(17)5-6-14(12)18;/h3-8,11H,9-10H2,1-2H3,(H2,19,20,21);1H. The summed E-state index contributed by atoms with van der Waals surface area (Å²) in [6.45, 7) is 3.01. The van der Waals surface area contributed by atoms with E-state index in [1.807, 2.05) is 11.4 Å². The van der Waals surface area contributed by atoms with Crippen LogP contribution in [-0.4, -0.2) is 19.6 Å². The molecule has 0 spiro atoms. The number of aliphatic imine (C=N–C) groups is 1. The second kappa shape index (κ2) is 9.82. The Balaban J connectivity index is 0.00000264. The number of thiophene rings is 1. The maximum absolute atomic E-state index is 13.6. The van der Waals surface area contributed by atoms with Crippen LogP contribution in [0.3, 0.4) is 0 Å². The molecule has 1 aromatic heterocycles. The molecule has 0 fully saturated rings. The fourth-order valence-electron chi connectivity index (χ4n) is 2.00. The lowest BCUT2D eigenvalue weighted by Crippen LogP contribution is -2.38. The van der Waals surface area contributed by atoms with Gasteiger partial charge in [0.1, 0.15) is 11.6 Å². The SMILES string of the molecule is CN=C(NCc1cc(F)ccc1F)NCC(C)c1cccs1.I. The van der Waals surface area contributed by atoms with Crippen LogP contribution in [0.25, 0.3) is 0 Å². The molecule has 126 valence electrons. The van der Waals surface area contributed by atoms with Crippen molar-refractivity contribution in [2.24, 2.45) is 4.99 Å². The molecule has 23 heavy (non-hydrogen) atoms. The fraction of sp³-hybridized carbons (Fsp3) is 0.312. The predicted octanol–water partition coefficient (Wildman–Crippen LogP) is 4.11. The molecule has 0 saturated carbocycles. The number of rotatable bonds is 5. The highest BCUT2D eigenvalue weighted by molar-refractivity contribution is 14.0. The first-order chi connectivity index (χ1) is 10.6. The van der Waals surface area contributed by atoms with Crippen LogP contribution in [0.15, 0.2) is 40.7 Å². The smallest absolute Gasteiger partial charge is 0.191 e. The molecule has 0 saturated heterocycles. The van der Waals surface area contributed by atoms with Gasteiger partial charge in [-0.05, 0) is 29.6 Å². The highest BCUT2D eigenvalue weighted by Crippen LogP contribution is 2.19. The van der Waals surface area contributed by atoms with Gasteiger partial charge in [0.25, 0.3) is 0 Å². The Labute approximate surface area is 156 Å². The van der Waals surface area contributed by atoms with Gasteiger partial charge in [0.2, 0.25) is 0 Å². The lowest BCUT2D eigenvalue weighted by Gasteiger charge is -2.15. The molecule has 1 atom stereocenters. The van der Waals surface area contributed by atoms with Crippen LogP contribution in [0.5, 0.6) is 0 Å². The molecule has 0 aliphatic heterocycles. The molecule has 0 aliphatic carbocycles. The number of halogens is 3. The van der Waals surface area contributed by atoms with Gasteiger partial charge in [0.15, 0.2) is 5.96 Å². The van der Waals surface area contributed by atoms with Crippen LogP contribution >= 0.6 is 35.3 Å². The van der Waals surface area contributed by atoms with E-state index in [1.54, 1.807) is 18.4 Å². The van der Waals surface area contributed by atoms with Crippen molar-refractivity contribution in [1.82, 2.24) is 10.6 Å². The number of nitrogens with zero attached hydrogens (tertiary/aromatic N) is 1. The quantitative estimate of drug-likeness (QED) is 0.408. The van der Waals surface area contributed by atoms with Crippen molar-refractivity contribution >= 4 is 41.3 Å². The normalized spacial score (nSPS) is 12.4. The van der Waals surface area contributed by atoms with E-state index in [-0.39, 0.29) is 36.1 Å². The van der Waals surface area contributed by atoms with E-state index < -0.39 is 11.6 Å². The molecule has 1 aromatic carbocycles. The largest absolute Gasteiger partial charge is 0.356 e.